The van der Waals surface area contributed by atoms with Gasteiger partial charge in [0.05, 0.1) is 0 Å². The fourth-order valence-corrected chi connectivity index (χ4v) is 1.01. The number of nitrogens with two attached hydrogens (primary N) is 2. The third-order valence-electron chi connectivity index (χ3n) is 1.88. The van der Waals surface area contributed by atoms with Crippen molar-refractivity contribution in [3.8, 4) is 0 Å². The first-order valence-corrected chi connectivity index (χ1v) is 4.00. The minimum Gasteiger partial charge on any atom is -0.384 e. The number of rotatable bonds is 2. The summed E-state index contributed by atoms with van der Waals surface area (Å²) in [4.78, 5) is 12.1. The molecule has 0 saturated carbocycles. The summed E-state index contributed by atoms with van der Waals surface area (Å²) in [5, 5.41) is 7.22. The Kier molecular flexibility index (Phi) is 2.71. The molecule has 2 amide bonds. The molecule has 0 unspecified atom stereocenters. The number of amides is 2. The number of urea groups is 1. The Morgan fingerprint density at radius 1 is 1.43 bits per heavy atom. The fraction of sp³-hybridized carbons (Fsp3) is 0.111. The van der Waals surface area contributed by atoms with Crippen LogP contribution in [-0.4, -0.2) is 18.9 Å². The number of nitrogen functional groups attached to an aromatic ring is 1. The number of anilines is 1. The van der Waals surface area contributed by atoms with Crippen LogP contribution in [0.15, 0.2) is 24.3 Å². The molecule has 1 rings (SSSR count). The number of carbonyl (C=O) groups is 1. The molecular formula is C9H12N4O. The zero-order chi connectivity index (χ0) is 10.7. The van der Waals surface area contributed by atoms with Gasteiger partial charge in [-0.15, -0.1) is 0 Å². The van der Waals surface area contributed by atoms with E-state index in [1.807, 2.05) is 0 Å². The maximum Gasteiger partial charge on any atom is 0.318 e. The van der Waals surface area contributed by atoms with Gasteiger partial charge < -0.3 is 11.5 Å². The van der Waals surface area contributed by atoms with E-state index in [0.717, 1.165) is 0 Å². The number of carbonyl (C=O) groups excluding carboxylic acids is 1. The van der Waals surface area contributed by atoms with Gasteiger partial charge >= 0.3 is 6.03 Å². The van der Waals surface area contributed by atoms with Crippen LogP contribution in [-0.2, 0) is 0 Å². The standard InChI is InChI=1S/C9H12N4O/c1-13(9(12)14)7-4-2-3-6(5-7)8(10)11/h2-5H,1H3,(H3,10,11)(H2,12,14). The largest absolute Gasteiger partial charge is 0.384 e. The van der Waals surface area contributed by atoms with Gasteiger partial charge in [-0.3, -0.25) is 10.3 Å². The molecule has 0 atom stereocenters. The van der Waals surface area contributed by atoms with E-state index in [0.29, 0.717) is 11.3 Å². The van der Waals surface area contributed by atoms with E-state index in [9.17, 15) is 4.79 Å². The van der Waals surface area contributed by atoms with Crippen LogP contribution in [0.2, 0.25) is 0 Å². The van der Waals surface area contributed by atoms with Crippen molar-refractivity contribution >= 4 is 17.6 Å². The quantitative estimate of drug-likeness (QED) is 0.469. The monoisotopic (exact) mass is 192 g/mol. The number of hydrogen-bond acceptors (Lipinski definition) is 2. The fourth-order valence-electron chi connectivity index (χ4n) is 1.01. The molecule has 5 nitrogen and oxygen atoms in total. The van der Waals surface area contributed by atoms with Gasteiger partial charge in [-0.2, -0.15) is 0 Å². The topological polar surface area (TPSA) is 96.2 Å². The van der Waals surface area contributed by atoms with E-state index in [2.05, 4.69) is 0 Å². The highest BCUT2D eigenvalue weighted by atomic mass is 16.2. The molecule has 0 bridgehead atoms. The Bertz CT molecular complexity index is 375. The van der Waals surface area contributed by atoms with Gasteiger partial charge in [-0.05, 0) is 12.1 Å². The van der Waals surface area contributed by atoms with Gasteiger partial charge in [0.1, 0.15) is 5.84 Å². The van der Waals surface area contributed by atoms with Crippen LogP contribution in [0.5, 0.6) is 0 Å². The van der Waals surface area contributed by atoms with Crippen molar-refractivity contribution < 1.29 is 4.79 Å². The van der Waals surface area contributed by atoms with Crippen molar-refractivity contribution in [1.29, 1.82) is 5.41 Å². The van der Waals surface area contributed by atoms with E-state index < -0.39 is 6.03 Å². The van der Waals surface area contributed by atoms with Gasteiger partial charge in [0, 0.05) is 18.3 Å². The zero-order valence-corrected chi connectivity index (χ0v) is 7.82. The third kappa shape index (κ3) is 2.01. The zero-order valence-electron chi connectivity index (χ0n) is 7.82. The smallest absolute Gasteiger partial charge is 0.318 e. The lowest BCUT2D eigenvalue weighted by atomic mass is 10.2. The summed E-state index contributed by atoms with van der Waals surface area (Å²) in [6.45, 7) is 0. The number of nitrogens with one attached hydrogen (secondary N) is 1. The Balaban J connectivity index is 3.05. The first-order valence-electron chi connectivity index (χ1n) is 4.00. The van der Waals surface area contributed by atoms with Crippen LogP contribution in [0.3, 0.4) is 0 Å². The molecule has 74 valence electrons. The summed E-state index contributed by atoms with van der Waals surface area (Å²) < 4.78 is 0. The van der Waals surface area contributed by atoms with Gasteiger partial charge in [0.25, 0.3) is 0 Å². The number of amidine groups is 1. The molecule has 1 aromatic rings. The SMILES string of the molecule is CN(C(N)=O)c1cccc(C(=N)N)c1. The lowest BCUT2D eigenvalue weighted by Gasteiger charge is -2.14. The van der Waals surface area contributed by atoms with E-state index in [1.165, 1.54) is 4.90 Å². The highest BCUT2D eigenvalue weighted by molar-refractivity contribution is 5.97. The second-order valence-electron chi connectivity index (χ2n) is 2.86. The lowest BCUT2D eigenvalue weighted by molar-refractivity contribution is 0.255. The lowest BCUT2D eigenvalue weighted by Crippen LogP contribution is -2.31. The van der Waals surface area contributed by atoms with Crippen molar-refractivity contribution in [2.75, 3.05) is 11.9 Å². The summed E-state index contributed by atoms with van der Waals surface area (Å²) in [7, 11) is 1.56. The Labute approximate surface area is 81.8 Å². The molecule has 0 aliphatic carbocycles. The minimum atomic E-state index is -0.550. The third-order valence-corrected chi connectivity index (χ3v) is 1.88. The highest BCUT2D eigenvalue weighted by Crippen LogP contribution is 2.13. The number of benzene rings is 1. The predicted molar refractivity (Wildman–Crippen MR) is 55.4 cm³/mol. The van der Waals surface area contributed by atoms with E-state index in [4.69, 9.17) is 16.9 Å². The molecule has 0 radical (unpaired) electrons. The second-order valence-corrected chi connectivity index (χ2v) is 2.86. The van der Waals surface area contributed by atoms with Gasteiger partial charge in [0.2, 0.25) is 0 Å². The maximum absolute atomic E-state index is 10.8. The van der Waals surface area contributed by atoms with Crippen LogP contribution < -0.4 is 16.4 Å². The first kappa shape index (κ1) is 10.0. The van der Waals surface area contributed by atoms with Crippen molar-refractivity contribution in [2.24, 2.45) is 11.5 Å². The van der Waals surface area contributed by atoms with Crippen LogP contribution in [0.1, 0.15) is 5.56 Å². The number of hydrogen-bond donors (Lipinski definition) is 3. The maximum atomic E-state index is 10.8. The van der Waals surface area contributed by atoms with Crippen molar-refractivity contribution in [1.82, 2.24) is 0 Å². The predicted octanol–water partition coefficient (Wildman–Crippen LogP) is 0.486. The molecular weight excluding hydrogens is 180 g/mol. The van der Waals surface area contributed by atoms with Crippen LogP contribution in [0.25, 0.3) is 0 Å². The summed E-state index contributed by atoms with van der Waals surface area (Å²) in [5.74, 6) is -0.0373. The van der Waals surface area contributed by atoms with E-state index >= 15 is 0 Å². The highest BCUT2D eigenvalue weighted by Gasteiger charge is 2.06. The molecule has 5 N–H and O–H groups in total. The van der Waals surface area contributed by atoms with Gasteiger partial charge in [0.15, 0.2) is 0 Å². The Morgan fingerprint density at radius 2 is 2.07 bits per heavy atom. The average Bonchev–Trinajstić information content (AvgIpc) is 2.16. The first-order chi connectivity index (χ1) is 6.52. The van der Waals surface area contributed by atoms with E-state index in [1.54, 1.807) is 31.3 Å². The summed E-state index contributed by atoms with van der Waals surface area (Å²) in [6.07, 6.45) is 0. The molecule has 0 spiro atoms. The normalized spacial score (nSPS) is 9.50. The summed E-state index contributed by atoms with van der Waals surface area (Å²) in [5.41, 5.74) is 11.6. The van der Waals surface area contributed by atoms with Crippen molar-refractivity contribution in [2.45, 2.75) is 0 Å². The van der Waals surface area contributed by atoms with Crippen molar-refractivity contribution in [3.63, 3.8) is 0 Å². The van der Waals surface area contributed by atoms with Gasteiger partial charge in [-0.25, -0.2) is 4.79 Å². The summed E-state index contributed by atoms with van der Waals surface area (Å²) in [6, 6.07) is 6.21. The van der Waals surface area contributed by atoms with Crippen LogP contribution >= 0.6 is 0 Å². The molecule has 0 aliphatic heterocycles. The minimum absolute atomic E-state index is 0.0373. The van der Waals surface area contributed by atoms with E-state index in [-0.39, 0.29) is 5.84 Å². The molecule has 0 saturated heterocycles. The van der Waals surface area contributed by atoms with Gasteiger partial charge in [-0.1, -0.05) is 12.1 Å². The molecule has 1 aromatic carbocycles. The molecule has 0 heterocycles. The molecule has 0 fully saturated rings. The molecule has 14 heavy (non-hydrogen) atoms. The average molecular weight is 192 g/mol. The second kappa shape index (κ2) is 3.78. The molecule has 5 heteroatoms. The molecule has 0 aromatic heterocycles. The van der Waals surface area contributed by atoms with Crippen molar-refractivity contribution in [3.05, 3.63) is 29.8 Å². The van der Waals surface area contributed by atoms with Crippen LogP contribution in [0, 0.1) is 5.41 Å². The Morgan fingerprint density at radius 3 is 2.57 bits per heavy atom. The summed E-state index contributed by atoms with van der Waals surface area (Å²) >= 11 is 0. The number of nitrogens with zero attached hydrogens (tertiary/aromatic N) is 1. The molecule has 0 aliphatic rings. The Hall–Kier alpha value is -2.04. The number of primary amides is 1. The van der Waals surface area contributed by atoms with Crippen LogP contribution in [0.4, 0.5) is 10.5 Å².